The van der Waals surface area contributed by atoms with Crippen molar-refractivity contribution in [3.8, 4) is 0 Å². The number of hydrogen-bond acceptors (Lipinski definition) is 2. The summed E-state index contributed by atoms with van der Waals surface area (Å²) in [4.78, 5) is 13.5. The Morgan fingerprint density at radius 1 is 1.50 bits per heavy atom. The van der Waals surface area contributed by atoms with E-state index in [-0.39, 0.29) is 11.4 Å². The minimum atomic E-state index is 0.0245. The van der Waals surface area contributed by atoms with Gasteiger partial charge in [0.15, 0.2) is 0 Å². The van der Waals surface area contributed by atoms with Gasteiger partial charge in [0.2, 0.25) is 5.91 Å². The number of alkyl halides is 1. The van der Waals surface area contributed by atoms with E-state index in [0.717, 1.165) is 11.9 Å². The van der Waals surface area contributed by atoms with Gasteiger partial charge in [-0.1, -0.05) is 22.9 Å². The van der Waals surface area contributed by atoms with Gasteiger partial charge in [0, 0.05) is 23.8 Å². The van der Waals surface area contributed by atoms with E-state index in [4.69, 9.17) is 0 Å². The molecule has 0 radical (unpaired) electrons. The van der Waals surface area contributed by atoms with Gasteiger partial charge >= 0.3 is 0 Å². The highest BCUT2D eigenvalue weighted by Crippen LogP contribution is 2.09. The van der Waals surface area contributed by atoms with E-state index < -0.39 is 0 Å². The number of nitrogens with one attached hydrogen (secondary N) is 1. The molecule has 0 saturated heterocycles. The molecule has 84 valence electrons. The summed E-state index contributed by atoms with van der Waals surface area (Å²) in [5.74, 6) is 0.111. The van der Waals surface area contributed by atoms with Gasteiger partial charge < -0.3 is 5.32 Å². The second kappa shape index (κ2) is 6.40. The lowest BCUT2D eigenvalue weighted by Gasteiger charge is -2.34. The SMILES string of the molecule is CCN(C)C(C)(C)CNC(=O)CCBr. The number of carbonyl (C=O) groups excluding carboxylic acids is 1. The Morgan fingerprint density at radius 3 is 2.50 bits per heavy atom. The van der Waals surface area contributed by atoms with Gasteiger partial charge in [-0.25, -0.2) is 0 Å². The zero-order valence-corrected chi connectivity index (χ0v) is 11.1. The molecule has 0 unspecified atom stereocenters. The highest BCUT2D eigenvalue weighted by Gasteiger charge is 2.22. The Kier molecular flexibility index (Phi) is 6.36. The van der Waals surface area contributed by atoms with Crippen molar-refractivity contribution >= 4 is 21.8 Å². The smallest absolute Gasteiger partial charge is 0.220 e. The molecule has 1 amide bonds. The van der Waals surface area contributed by atoms with Crippen molar-refractivity contribution in [3.05, 3.63) is 0 Å². The quantitative estimate of drug-likeness (QED) is 0.740. The lowest BCUT2D eigenvalue weighted by molar-refractivity contribution is -0.121. The molecule has 0 aliphatic heterocycles. The Labute approximate surface area is 95.4 Å². The van der Waals surface area contributed by atoms with Crippen molar-refractivity contribution in [2.75, 3.05) is 25.5 Å². The fourth-order valence-electron chi connectivity index (χ4n) is 1.05. The van der Waals surface area contributed by atoms with Gasteiger partial charge in [-0.05, 0) is 27.4 Å². The monoisotopic (exact) mass is 264 g/mol. The van der Waals surface area contributed by atoms with Crippen molar-refractivity contribution in [3.63, 3.8) is 0 Å². The summed E-state index contributed by atoms with van der Waals surface area (Å²) >= 11 is 3.24. The van der Waals surface area contributed by atoms with Crippen LogP contribution in [0.25, 0.3) is 0 Å². The summed E-state index contributed by atoms with van der Waals surface area (Å²) in [7, 11) is 2.07. The number of likely N-dealkylation sites (N-methyl/N-ethyl adjacent to an activating group) is 1. The van der Waals surface area contributed by atoms with E-state index in [1.165, 1.54) is 0 Å². The van der Waals surface area contributed by atoms with Crippen LogP contribution in [-0.2, 0) is 4.79 Å². The zero-order valence-electron chi connectivity index (χ0n) is 9.56. The molecule has 0 bridgehead atoms. The number of rotatable bonds is 6. The molecule has 0 saturated carbocycles. The number of nitrogens with zero attached hydrogens (tertiary/aromatic N) is 1. The summed E-state index contributed by atoms with van der Waals surface area (Å²) in [5.41, 5.74) is 0.0245. The lowest BCUT2D eigenvalue weighted by Crippen LogP contribution is -2.49. The molecular weight excluding hydrogens is 244 g/mol. The normalized spacial score (nSPS) is 11.9. The predicted molar refractivity (Wildman–Crippen MR) is 63.8 cm³/mol. The molecule has 0 fully saturated rings. The summed E-state index contributed by atoms with van der Waals surface area (Å²) in [6.07, 6.45) is 0.548. The van der Waals surface area contributed by atoms with E-state index in [2.05, 4.69) is 54.0 Å². The second-order valence-corrected chi connectivity index (χ2v) is 4.84. The predicted octanol–water partition coefficient (Wildman–Crippen LogP) is 1.62. The molecule has 0 heterocycles. The Bertz CT molecular complexity index is 183. The topological polar surface area (TPSA) is 32.3 Å². The van der Waals surface area contributed by atoms with Gasteiger partial charge in [0.25, 0.3) is 0 Å². The molecule has 0 atom stereocenters. The van der Waals surface area contributed by atoms with Crippen molar-refractivity contribution in [1.29, 1.82) is 0 Å². The van der Waals surface area contributed by atoms with E-state index in [1.807, 2.05) is 0 Å². The van der Waals surface area contributed by atoms with Crippen molar-refractivity contribution in [2.24, 2.45) is 0 Å². The highest BCUT2D eigenvalue weighted by molar-refractivity contribution is 9.09. The fourth-order valence-corrected chi connectivity index (χ4v) is 1.41. The average Bonchev–Trinajstić information content (AvgIpc) is 2.14. The first kappa shape index (κ1) is 13.9. The van der Waals surface area contributed by atoms with Crippen LogP contribution >= 0.6 is 15.9 Å². The molecule has 0 rings (SSSR count). The first-order valence-electron chi connectivity index (χ1n) is 4.98. The van der Waals surface area contributed by atoms with Gasteiger partial charge in [0.1, 0.15) is 0 Å². The van der Waals surface area contributed by atoms with Gasteiger partial charge in [-0.3, -0.25) is 9.69 Å². The minimum absolute atomic E-state index is 0.0245. The highest BCUT2D eigenvalue weighted by atomic mass is 79.9. The molecular formula is C10H21BrN2O. The second-order valence-electron chi connectivity index (χ2n) is 4.04. The van der Waals surface area contributed by atoms with Crippen LogP contribution in [-0.4, -0.2) is 41.8 Å². The van der Waals surface area contributed by atoms with E-state index in [9.17, 15) is 4.79 Å². The molecule has 0 aromatic heterocycles. The van der Waals surface area contributed by atoms with Crippen LogP contribution in [0.3, 0.4) is 0 Å². The summed E-state index contributed by atoms with van der Waals surface area (Å²) in [5, 5.41) is 3.65. The van der Waals surface area contributed by atoms with Crippen LogP contribution in [0, 0.1) is 0 Å². The molecule has 0 aromatic rings. The van der Waals surface area contributed by atoms with Gasteiger partial charge in [-0.2, -0.15) is 0 Å². The van der Waals surface area contributed by atoms with Crippen LogP contribution in [0.2, 0.25) is 0 Å². The van der Waals surface area contributed by atoms with Crippen LogP contribution in [0.15, 0.2) is 0 Å². The van der Waals surface area contributed by atoms with Crippen molar-refractivity contribution in [1.82, 2.24) is 10.2 Å². The molecule has 3 nitrogen and oxygen atoms in total. The van der Waals surface area contributed by atoms with Gasteiger partial charge in [-0.15, -0.1) is 0 Å². The first-order chi connectivity index (χ1) is 6.44. The summed E-state index contributed by atoms with van der Waals surface area (Å²) < 4.78 is 0. The average molecular weight is 265 g/mol. The van der Waals surface area contributed by atoms with E-state index in [1.54, 1.807) is 0 Å². The largest absolute Gasteiger partial charge is 0.354 e. The molecule has 1 N–H and O–H groups in total. The van der Waals surface area contributed by atoms with Crippen LogP contribution in [0.5, 0.6) is 0 Å². The van der Waals surface area contributed by atoms with Crippen LogP contribution < -0.4 is 5.32 Å². The maximum absolute atomic E-state index is 11.2. The lowest BCUT2D eigenvalue weighted by atomic mass is 10.0. The summed E-state index contributed by atoms with van der Waals surface area (Å²) in [6.45, 7) is 8.06. The number of halogens is 1. The fraction of sp³-hybridized carbons (Fsp3) is 0.900. The number of hydrogen-bond donors (Lipinski definition) is 1. The molecule has 0 aromatic carbocycles. The molecule has 4 heteroatoms. The third-order valence-electron chi connectivity index (χ3n) is 2.55. The Balaban J connectivity index is 3.92. The Hall–Kier alpha value is -0.0900. The minimum Gasteiger partial charge on any atom is -0.354 e. The number of amides is 1. The first-order valence-corrected chi connectivity index (χ1v) is 6.10. The van der Waals surface area contributed by atoms with Crippen molar-refractivity contribution < 1.29 is 4.79 Å². The van der Waals surface area contributed by atoms with Crippen molar-refractivity contribution in [2.45, 2.75) is 32.7 Å². The molecule has 0 spiro atoms. The van der Waals surface area contributed by atoms with Crippen LogP contribution in [0.4, 0.5) is 0 Å². The third kappa shape index (κ3) is 4.96. The van der Waals surface area contributed by atoms with E-state index in [0.29, 0.717) is 13.0 Å². The number of carbonyl (C=O) groups is 1. The third-order valence-corrected chi connectivity index (χ3v) is 2.94. The molecule has 0 aliphatic rings. The molecule has 0 aliphatic carbocycles. The maximum atomic E-state index is 11.2. The Morgan fingerprint density at radius 2 is 2.07 bits per heavy atom. The standard InChI is InChI=1S/C10H21BrN2O/c1-5-13(4)10(2,3)8-12-9(14)6-7-11/h5-8H2,1-4H3,(H,12,14). The maximum Gasteiger partial charge on any atom is 0.220 e. The van der Waals surface area contributed by atoms with Gasteiger partial charge in [0.05, 0.1) is 0 Å². The zero-order chi connectivity index (χ0) is 11.2. The van der Waals surface area contributed by atoms with Crippen LogP contribution in [0.1, 0.15) is 27.2 Å². The summed E-state index contributed by atoms with van der Waals surface area (Å²) in [6, 6.07) is 0. The molecule has 14 heavy (non-hydrogen) atoms. The van der Waals surface area contributed by atoms with E-state index >= 15 is 0 Å².